The molecule has 0 N–H and O–H groups in total. The molecule has 0 saturated carbocycles. The van der Waals surface area contributed by atoms with Crippen molar-refractivity contribution in [2.75, 3.05) is 40.8 Å². The Labute approximate surface area is 203 Å². The zero-order valence-electron chi connectivity index (χ0n) is 20.8. The van der Waals surface area contributed by atoms with E-state index in [1.165, 1.54) is 52.6 Å². The van der Waals surface area contributed by atoms with Gasteiger partial charge < -0.3 is 14.5 Å². The maximum Gasteiger partial charge on any atom is 0.209 e. The van der Waals surface area contributed by atoms with E-state index in [4.69, 9.17) is 4.74 Å². The van der Waals surface area contributed by atoms with Gasteiger partial charge in [0.15, 0.2) is 0 Å². The van der Waals surface area contributed by atoms with E-state index in [1.807, 2.05) is 11.9 Å². The Morgan fingerprint density at radius 3 is 2.47 bits per heavy atom. The molecule has 34 heavy (non-hydrogen) atoms. The molecule has 3 atom stereocenters. The monoisotopic (exact) mass is 459 g/mol. The van der Waals surface area contributed by atoms with Crippen molar-refractivity contribution < 1.29 is 9.53 Å². The number of ether oxygens (including phenoxy) is 1. The van der Waals surface area contributed by atoms with E-state index in [0.717, 1.165) is 57.5 Å². The lowest BCUT2D eigenvalue weighted by molar-refractivity contribution is -0.118. The van der Waals surface area contributed by atoms with Crippen LogP contribution in [-0.2, 0) is 36.9 Å². The molecule has 4 aliphatic rings. The largest absolute Gasteiger partial charge is 0.493 e. The number of likely N-dealkylation sites (N-methyl/N-ethyl adjacent to an activating group) is 2. The van der Waals surface area contributed by atoms with Gasteiger partial charge in [0.1, 0.15) is 5.75 Å². The molecule has 0 spiro atoms. The van der Waals surface area contributed by atoms with Crippen molar-refractivity contribution in [3.05, 3.63) is 63.2 Å². The molecule has 5 nitrogen and oxygen atoms in total. The quantitative estimate of drug-likeness (QED) is 0.653. The Balaban J connectivity index is 1.48. The lowest BCUT2D eigenvalue weighted by Crippen LogP contribution is -2.53. The van der Waals surface area contributed by atoms with E-state index in [1.54, 1.807) is 5.56 Å². The van der Waals surface area contributed by atoms with Crippen LogP contribution in [0.2, 0.25) is 0 Å². The van der Waals surface area contributed by atoms with Crippen LogP contribution in [0.25, 0.3) is 0 Å². The third-order valence-corrected chi connectivity index (χ3v) is 8.66. The van der Waals surface area contributed by atoms with Crippen LogP contribution >= 0.6 is 0 Å². The number of hydrogen-bond donors (Lipinski definition) is 0. The molecule has 6 rings (SSSR count). The topological polar surface area (TPSA) is 36.0 Å². The molecule has 0 aromatic heterocycles. The van der Waals surface area contributed by atoms with Crippen LogP contribution in [0.15, 0.2) is 24.3 Å². The SMILES string of the molecule is CN(C=O)C[C@H]1c2cc3c(cc2CC2[C@H](N(C)C)c4cc5c(cc4CCCN21)CCO5)CCC3. The van der Waals surface area contributed by atoms with Gasteiger partial charge in [-0.25, -0.2) is 0 Å². The van der Waals surface area contributed by atoms with Crippen molar-refractivity contribution in [2.24, 2.45) is 0 Å². The van der Waals surface area contributed by atoms with E-state index < -0.39 is 0 Å². The maximum absolute atomic E-state index is 11.7. The summed E-state index contributed by atoms with van der Waals surface area (Å²) in [5.74, 6) is 1.09. The molecule has 180 valence electrons. The predicted molar refractivity (Wildman–Crippen MR) is 134 cm³/mol. The van der Waals surface area contributed by atoms with Gasteiger partial charge in [-0.2, -0.15) is 0 Å². The van der Waals surface area contributed by atoms with Crippen LogP contribution in [0.5, 0.6) is 5.75 Å². The first kappa shape index (κ1) is 22.1. The zero-order valence-corrected chi connectivity index (χ0v) is 20.8. The number of rotatable bonds is 4. The van der Waals surface area contributed by atoms with Crippen molar-refractivity contribution in [2.45, 2.75) is 63.1 Å². The molecule has 0 radical (unpaired) electrons. The first-order valence-corrected chi connectivity index (χ1v) is 13.0. The third kappa shape index (κ3) is 3.64. The van der Waals surface area contributed by atoms with Crippen LogP contribution in [0.4, 0.5) is 0 Å². The second-order valence-electron chi connectivity index (χ2n) is 11.0. The summed E-state index contributed by atoms with van der Waals surface area (Å²) < 4.78 is 6.02. The van der Waals surface area contributed by atoms with Gasteiger partial charge in [0.25, 0.3) is 0 Å². The first-order valence-electron chi connectivity index (χ1n) is 13.0. The molecule has 1 amide bonds. The molecule has 0 fully saturated rings. The Kier molecular flexibility index (Phi) is 5.65. The second-order valence-corrected chi connectivity index (χ2v) is 11.0. The summed E-state index contributed by atoms with van der Waals surface area (Å²) in [6, 6.07) is 10.7. The summed E-state index contributed by atoms with van der Waals surface area (Å²) in [5.41, 5.74) is 10.4. The van der Waals surface area contributed by atoms with Crippen LogP contribution < -0.4 is 4.74 Å². The lowest BCUT2D eigenvalue weighted by Gasteiger charge is -2.50. The van der Waals surface area contributed by atoms with Gasteiger partial charge in [-0.05, 0) is 104 Å². The molecule has 2 aromatic carbocycles. The Morgan fingerprint density at radius 2 is 1.68 bits per heavy atom. The highest BCUT2D eigenvalue weighted by atomic mass is 16.5. The molecule has 2 aromatic rings. The summed E-state index contributed by atoms with van der Waals surface area (Å²) >= 11 is 0. The van der Waals surface area contributed by atoms with Crippen LogP contribution in [0.1, 0.15) is 63.9 Å². The van der Waals surface area contributed by atoms with Crippen LogP contribution in [0.3, 0.4) is 0 Å². The highest BCUT2D eigenvalue weighted by molar-refractivity contribution is 5.50. The number of amides is 1. The average Bonchev–Trinajstić information content (AvgIpc) is 3.46. The summed E-state index contributed by atoms with van der Waals surface area (Å²) in [4.78, 5) is 18.7. The van der Waals surface area contributed by atoms with Gasteiger partial charge in [0.2, 0.25) is 6.41 Å². The van der Waals surface area contributed by atoms with Crippen molar-refractivity contribution in [3.63, 3.8) is 0 Å². The van der Waals surface area contributed by atoms with Gasteiger partial charge in [-0.15, -0.1) is 0 Å². The van der Waals surface area contributed by atoms with E-state index in [-0.39, 0.29) is 12.1 Å². The maximum atomic E-state index is 11.7. The normalized spacial score (nSPS) is 25.4. The number of hydrogen-bond acceptors (Lipinski definition) is 4. The number of carbonyl (C=O) groups is 1. The molecule has 0 saturated heterocycles. The molecule has 1 unspecified atom stereocenters. The van der Waals surface area contributed by atoms with Crippen molar-refractivity contribution in [1.82, 2.24) is 14.7 Å². The van der Waals surface area contributed by atoms with Crippen LogP contribution in [-0.4, -0.2) is 68.0 Å². The smallest absolute Gasteiger partial charge is 0.209 e. The van der Waals surface area contributed by atoms with Gasteiger partial charge in [-0.3, -0.25) is 9.69 Å². The van der Waals surface area contributed by atoms with Crippen LogP contribution in [0, 0.1) is 0 Å². The number of fused-ring (bicyclic) bond motifs is 5. The molecular formula is C29H37N3O2. The summed E-state index contributed by atoms with van der Waals surface area (Å²) in [6.07, 6.45) is 8.99. The fourth-order valence-electron chi connectivity index (χ4n) is 7.13. The number of benzene rings is 2. The highest BCUT2D eigenvalue weighted by Gasteiger charge is 2.42. The van der Waals surface area contributed by atoms with Crippen molar-refractivity contribution in [1.29, 1.82) is 0 Å². The molecule has 5 heteroatoms. The van der Waals surface area contributed by atoms with E-state index in [9.17, 15) is 4.79 Å². The van der Waals surface area contributed by atoms with Gasteiger partial charge >= 0.3 is 0 Å². The van der Waals surface area contributed by atoms with E-state index >= 15 is 0 Å². The zero-order chi connectivity index (χ0) is 23.4. The highest BCUT2D eigenvalue weighted by Crippen LogP contribution is 2.45. The van der Waals surface area contributed by atoms with E-state index in [2.05, 4.69) is 48.2 Å². The predicted octanol–water partition coefficient (Wildman–Crippen LogP) is 3.72. The first-order chi connectivity index (χ1) is 16.5. The minimum absolute atomic E-state index is 0.240. The molecule has 0 bridgehead atoms. The summed E-state index contributed by atoms with van der Waals surface area (Å²) in [7, 11) is 6.38. The van der Waals surface area contributed by atoms with Crippen molar-refractivity contribution >= 4 is 6.41 Å². The van der Waals surface area contributed by atoms with Gasteiger partial charge in [0, 0.05) is 26.1 Å². The fraction of sp³-hybridized carbons (Fsp3) is 0.552. The third-order valence-electron chi connectivity index (χ3n) is 8.66. The molecule has 1 aliphatic carbocycles. The number of nitrogens with zero attached hydrogens (tertiary/aromatic N) is 3. The molecule has 3 heterocycles. The Morgan fingerprint density at radius 1 is 0.912 bits per heavy atom. The molecular weight excluding hydrogens is 422 g/mol. The van der Waals surface area contributed by atoms with E-state index in [0.29, 0.717) is 6.04 Å². The number of aryl methyl sites for hydroxylation is 3. The summed E-state index contributed by atoms with van der Waals surface area (Å²) in [5, 5.41) is 0. The summed E-state index contributed by atoms with van der Waals surface area (Å²) in [6.45, 7) is 2.61. The Bertz CT molecular complexity index is 1110. The average molecular weight is 460 g/mol. The van der Waals surface area contributed by atoms with Gasteiger partial charge in [-0.1, -0.05) is 18.2 Å². The standard InChI is InChI=1S/C29H37N3O2/c1-30(2)29-25-16-28-22(9-11-34-28)13-21(25)8-5-10-32-26(29)15-23-12-19-6-4-7-20(19)14-24(23)27(32)17-31(3)18-33/h12-14,16,18,26-27,29H,4-11,15,17H2,1-3H3/t26?,27-,29+/m0/s1. The minimum Gasteiger partial charge on any atom is -0.493 e. The second kappa shape index (κ2) is 8.69. The van der Waals surface area contributed by atoms with Crippen molar-refractivity contribution in [3.8, 4) is 5.75 Å². The Hall–Kier alpha value is -2.37. The minimum atomic E-state index is 0.240. The molecule has 3 aliphatic heterocycles. The van der Waals surface area contributed by atoms with Gasteiger partial charge in [0.05, 0.1) is 18.7 Å². The fourth-order valence-corrected chi connectivity index (χ4v) is 7.13. The lowest BCUT2D eigenvalue weighted by atomic mass is 9.78. The number of carbonyl (C=O) groups excluding carboxylic acids is 1.